The summed E-state index contributed by atoms with van der Waals surface area (Å²) in [5.41, 5.74) is 5.83. The minimum Gasteiger partial charge on any atom is -0.491 e. The average molecular weight is 213 g/mol. The van der Waals surface area contributed by atoms with Crippen molar-refractivity contribution < 1.29 is 13.9 Å². The van der Waals surface area contributed by atoms with Crippen LogP contribution in [0.3, 0.4) is 0 Å². The molecule has 0 bridgehead atoms. The first-order chi connectivity index (χ1) is 7.27. The smallest absolute Gasteiger partial charge is 0.131 e. The summed E-state index contributed by atoms with van der Waals surface area (Å²) in [6.07, 6.45) is 0. The van der Waals surface area contributed by atoms with Crippen LogP contribution in [0, 0.1) is 5.82 Å². The van der Waals surface area contributed by atoms with E-state index in [0.717, 1.165) is 0 Å². The topological polar surface area (TPSA) is 44.5 Å². The standard InChI is InChI=1S/C11H16FNO2/c1-2-14-5-6-15-10-4-3-9(8-13)11(12)7-10/h3-4,7H,2,5-6,8,13H2,1H3. The fourth-order valence-corrected chi connectivity index (χ4v) is 1.15. The van der Waals surface area contributed by atoms with E-state index in [-0.39, 0.29) is 12.4 Å². The molecule has 0 aliphatic rings. The minimum atomic E-state index is -0.327. The molecule has 0 amide bonds. The fourth-order valence-electron chi connectivity index (χ4n) is 1.15. The van der Waals surface area contributed by atoms with E-state index in [1.807, 2.05) is 6.92 Å². The predicted octanol–water partition coefficient (Wildman–Crippen LogP) is 1.70. The first-order valence-corrected chi connectivity index (χ1v) is 4.97. The van der Waals surface area contributed by atoms with E-state index in [0.29, 0.717) is 31.1 Å². The lowest BCUT2D eigenvalue weighted by molar-refractivity contribution is 0.110. The molecule has 3 nitrogen and oxygen atoms in total. The summed E-state index contributed by atoms with van der Waals surface area (Å²) in [6, 6.07) is 4.68. The van der Waals surface area contributed by atoms with E-state index in [2.05, 4.69) is 0 Å². The molecule has 1 rings (SSSR count). The Bertz CT molecular complexity index is 305. The molecule has 0 aliphatic heterocycles. The van der Waals surface area contributed by atoms with Crippen LogP contribution in [-0.4, -0.2) is 19.8 Å². The lowest BCUT2D eigenvalue weighted by Crippen LogP contribution is -2.07. The normalized spacial score (nSPS) is 10.3. The first kappa shape index (κ1) is 11.9. The van der Waals surface area contributed by atoms with Crippen LogP contribution in [0.5, 0.6) is 5.75 Å². The third-order valence-electron chi connectivity index (χ3n) is 1.94. The summed E-state index contributed by atoms with van der Waals surface area (Å²) < 4.78 is 23.6. The van der Waals surface area contributed by atoms with Gasteiger partial charge >= 0.3 is 0 Å². The molecule has 0 saturated carbocycles. The molecular weight excluding hydrogens is 197 g/mol. The Morgan fingerprint density at radius 3 is 2.73 bits per heavy atom. The van der Waals surface area contributed by atoms with Gasteiger partial charge in [0, 0.05) is 24.8 Å². The Kier molecular flexibility index (Phi) is 5.07. The van der Waals surface area contributed by atoms with E-state index in [1.165, 1.54) is 6.07 Å². The zero-order chi connectivity index (χ0) is 11.1. The highest BCUT2D eigenvalue weighted by molar-refractivity contribution is 5.28. The average Bonchev–Trinajstić information content (AvgIpc) is 2.25. The monoisotopic (exact) mass is 213 g/mol. The van der Waals surface area contributed by atoms with E-state index < -0.39 is 0 Å². The zero-order valence-electron chi connectivity index (χ0n) is 8.83. The molecule has 0 aliphatic carbocycles. The second kappa shape index (κ2) is 6.37. The number of nitrogens with two attached hydrogens (primary N) is 1. The largest absolute Gasteiger partial charge is 0.491 e. The molecule has 0 radical (unpaired) electrons. The van der Waals surface area contributed by atoms with Gasteiger partial charge in [-0.1, -0.05) is 6.07 Å². The highest BCUT2D eigenvalue weighted by Gasteiger charge is 2.02. The molecule has 15 heavy (non-hydrogen) atoms. The Hall–Kier alpha value is -1.13. The second-order valence-corrected chi connectivity index (χ2v) is 3.00. The number of benzene rings is 1. The van der Waals surface area contributed by atoms with Crippen LogP contribution in [-0.2, 0) is 11.3 Å². The van der Waals surface area contributed by atoms with Crippen molar-refractivity contribution >= 4 is 0 Å². The molecule has 2 N–H and O–H groups in total. The van der Waals surface area contributed by atoms with Crippen molar-refractivity contribution in [1.82, 2.24) is 0 Å². The number of ether oxygens (including phenoxy) is 2. The van der Waals surface area contributed by atoms with Gasteiger partial charge in [0.2, 0.25) is 0 Å². The summed E-state index contributed by atoms with van der Waals surface area (Å²) in [7, 11) is 0. The fraction of sp³-hybridized carbons (Fsp3) is 0.455. The van der Waals surface area contributed by atoms with Crippen molar-refractivity contribution in [2.45, 2.75) is 13.5 Å². The van der Waals surface area contributed by atoms with Crippen LogP contribution >= 0.6 is 0 Å². The van der Waals surface area contributed by atoms with Crippen molar-refractivity contribution in [2.24, 2.45) is 5.73 Å². The third-order valence-corrected chi connectivity index (χ3v) is 1.94. The third kappa shape index (κ3) is 3.85. The zero-order valence-corrected chi connectivity index (χ0v) is 8.83. The van der Waals surface area contributed by atoms with Crippen molar-refractivity contribution in [3.8, 4) is 5.75 Å². The maximum Gasteiger partial charge on any atom is 0.131 e. The second-order valence-electron chi connectivity index (χ2n) is 3.00. The van der Waals surface area contributed by atoms with E-state index in [1.54, 1.807) is 12.1 Å². The molecule has 0 saturated heterocycles. The van der Waals surface area contributed by atoms with Gasteiger partial charge in [-0.25, -0.2) is 4.39 Å². The molecule has 1 aromatic carbocycles. The van der Waals surface area contributed by atoms with Gasteiger partial charge in [0.05, 0.1) is 6.61 Å². The number of halogens is 1. The maximum atomic E-state index is 13.2. The molecule has 1 aromatic rings. The van der Waals surface area contributed by atoms with Gasteiger partial charge in [-0.2, -0.15) is 0 Å². The van der Waals surface area contributed by atoms with E-state index >= 15 is 0 Å². The summed E-state index contributed by atoms with van der Waals surface area (Å²) in [5, 5.41) is 0. The summed E-state index contributed by atoms with van der Waals surface area (Å²) in [6.45, 7) is 3.70. The molecule has 0 fully saturated rings. The molecule has 0 atom stereocenters. The van der Waals surface area contributed by atoms with Crippen LogP contribution in [0.15, 0.2) is 18.2 Å². The Labute approximate surface area is 89.0 Å². The molecular formula is C11H16FNO2. The van der Waals surface area contributed by atoms with Crippen LogP contribution < -0.4 is 10.5 Å². The van der Waals surface area contributed by atoms with Crippen molar-refractivity contribution in [3.05, 3.63) is 29.6 Å². The van der Waals surface area contributed by atoms with Crippen LogP contribution in [0.2, 0.25) is 0 Å². The Morgan fingerprint density at radius 2 is 2.13 bits per heavy atom. The van der Waals surface area contributed by atoms with Gasteiger partial charge < -0.3 is 15.2 Å². The lowest BCUT2D eigenvalue weighted by Gasteiger charge is -2.07. The minimum absolute atomic E-state index is 0.199. The molecule has 0 heterocycles. The lowest BCUT2D eigenvalue weighted by atomic mass is 10.2. The summed E-state index contributed by atoms with van der Waals surface area (Å²) in [4.78, 5) is 0. The van der Waals surface area contributed by atoms with Gasteiger partial charge in [0.25, 0.3) is 0 Å². The number of hydrogen-bond acceptors (Lipinski definition) is 3. The van der Waals surface area contributed by atoms with Crippen LogP contribution in [0.4, 0.5) is 4.39 Å². The molecule has 0 aromatic heterocycles. The molecule has 0 spiro atoms. The van der Waals surface area contributed by atoms with Gasteiger partial charge in [-0.05, 0) is 13.0 Å². The van der Waals surface area contributed by atoms with Gasteiger partial charge in [-0.15, -0.1) is 0 Å². The predicted molar refractivity (Wildman–Crippen MR) is 56.3 cm³/mol. The Balaban J connectivity index is 2.45. The van der Waals surface area contributed by atoms with Crippen LogP contribution in [0.25, 0.3) is 0 Å². The van der Waals surface area contributed by atoms with E-state index in [9.17, 15) is 4.39 Å². The van der Waals surface area contributed by atoms with Gasteiger partial charge in [0.1, 0.15) is 18.2 Å². The first-order valence-electron chi connectivity index (χ1n) is 4.97. The van der Waals surface area contributed by atoms with Crippen molar-refractivity contribution in [3.63, 3.8) is 0 Å². The molecule has 0 unspecified atom stereocenters. The summed E-state index contributed by atoms with van der Waals surface area (Å²) in [5.74, 6) is 0.177. The number of hydrogen-bond donors (Lipinski definition) is 1. The van der Waals surface area contributed by atoms with Crippen LogP contribution in [0.1, 0.15) is 12.5 Å². The van der Waals surface area contributed by atoms with Gasteiger partial charge in [0.15, 0.2) is 0 Å². The Morgan fingerprint density at radius 1 is 1.33 bits per heavy atom. The highest BCUT2D eigenvalue weighted by atomic mass is 19.1. The maximum absolute atomic E-state index is 13.2. The quantitative estimate of drug-likeness (QED) is 0.731. The van der Waals surface area contributed by atoms with E-state index in [4.69, 9.17) is 15.2 Å². The van der Waals surface area contributed by atoms with Gasteiger partial charge in [-0.3, -0.25) is 0 Å². The molecule has 84 valence electrons. The van der Waals surface area contributed by atoms with Crippen molar-refractivity contribution in [2.75, 3.05) is 19.8 Å². The molecule has 4 heteroatoms. The highest BCUT2D eigenvalue weighted by Crippen LogP contribution is 2.16. The summed E-state index contributed by atoms with van der Waals surface area (Å²) >= 11 is 0. The van der Waals surface area contributed by atoms with Crippen molar-refractivity contribution in [1.29, 1.82) is 0 Å². The number of rotatable bonds is 6. The SMILES string of the molecule is CCOCCOc1ccc(CN)c(F)c1.